The zero-order chi connectivity index (χ0) is 27.1. The smallest absolute Gasteiger partial charge is 0.310 e. The van der Waals surface area contributed by atoms with E-state index in [4.69, 9.17) is 24.4 Å². The lowest BCUT2D eigenvalue weighted by Gasteiger charge is -2.15. The molecule has 0 aliphatic heterocycles. The summed E-state index contributed by atoms with van der Waals surface area (Å²) >= 11 is 0. The Balaban J connectivity index is 1.63. The van der Waals surface area contributed by atoms with Crippen LogP contribution in [0.2, 0.25) is 0 Å². The van der Waals surface area contributed by atoms with E-state index in [-0.39, 0.29) is 37.5 Å². The second-order valence-corrected chi connectivity index (χ2v) is 9.34. The Morgan fingerprint density at radius 2 is 1.84 bits per heavy atom. The quantitative estimate of drug-likeness (QED) is 0.220. The van der Waals surface area contributed by atoms with E-state index in [1.165, 1.54) is 0 Å². The molecule has 0 radical (unpaired) electrons. The highest BCUT2D eigenvalue weighted by atomic mass is 19.1. The standard InChI is InChI=1S/C31H34FNO5/c1-4-8-25-15-24-13-21(14-27(31(24)38-25)26-11-7-10-23(17-33)30(26)32)19-36-28-12-6-5-9-22(28)16-29(34)37-20(2)18-35-3/h5-7,9-15,20H,4,8,16-19,33H2,1-3H3. The molecule has 7 heteroatoms. The first kappa shape index (κ1) is 27.4. The second kappa shape index (κ2) is 12.7. The number of esters is 1. The van der Waals surface area contributed by atoms with Gasteiger partial charge in [0.05, 0.1) is 13.0 Å². The molecule has 0 bridgehead atoms. The number of furan rings is 1. The highest BCUT2D eigenvalue weighted by Gasteiger charge is 2.18. The number of hydrogen-bond donors (Lipinski definition) is 1. The van der Waals surface area contributed by atoms with Gasteiger partial charge in [0.1, 0.15) is 35.6 Å². The van der Waals surface area contributed by atoms with Crippen LogP contribution in [-0.2, 0) is 40.3 Å². The van der Waals surface area contributed by atoms with Crippen molar-refractivity contribution in [2.24, 2.45) is 5.73 Å². The monoisotopic (exact) mass is 519 g/mol. The molecule has 0 spiro atoms. The summed E-state index contributed by atoms with van der Waals surface area (Å²) in [5.74, 6) is 0.727. The summed E-state index contributed by atoms with van der Waals surface area (Å²) in [5, 5.41) is 0.881. The Hall–Kier alpha value is -3.68. The molecule has 200 valence electrons. The Bertz CT molecular complexity index is 1400. The Morgan fingerprint density at radius 1 is 1.05 bits per heavy atom. The van der Waals surface area contributed by atoms with Crippen LogP contribution in [-0.4, -0.2) is 25.8 Å². The molecule has 1 heterocycles. The molecule has 4 rings (SSSR count). The van der Waals surface area contributed by atoms with Crippen LogP contribution < -0.4 is 10.5 Å². The fraction of sp³-hybridized carbons (Fsp3) is 0.323. The van der Waals surface area contributed by atoms with Crippen LogP contribution >= 0.6 is 0 Å². The Morgan fingerprint density at radius 3 is 2.61 bits per heavy atom. The SMILES string of the molecule is CCCc1cc2cc(COc3ccccc3CC(=O)OC(C)COC)cc(-c3cccc(CN)c3F)c2o1. The van der Waals surface area contributed by atoms with Gasteiger partial charge in [0, 0.05) is 47.7 Å². The van der Waals surface area contributed by atoms with Crippen LogP contribution in [0.3, 0.4) is 0 Å². The number of nitrogens with two attached hydrogens (primary N) is 1. The number of halogens is 1. The van der Waals surface area contributed by atoms with Gasteiger partial charge in [-0.2, -0.15) is 0 Å². The molecule has 0 aliphatic rings. The van der Waals surface area contributed by atoms with Crippen molar-refractivity contribution in [1.82, 2.24) is 0 Å². The van der Waals surface area contributed by atoms with Gasteiger partial charge in [-0.1, -0.05) is 43.3 Å². The first-order chi connectivity index (χ1) is 18.4. The van der Waals surface area contributed by atoms with Crippen molar-refractivity contribution in [3.63, 3.8) is 0 Å². The number of carbonyl (C=O) groups excluding carboxylic acids is 1. The molecule has 6 nitrogen and oxygen atoms in total. The van der Waals surface area contributed by atoms with Crippen molar-refractivity contribution in [3.8, 4) is 16.9 Å². The van der Waals surface area contributed by atoms with E-state index in [9.17, 15) is 4.79 Å². The van der Waals surface area contributed by atoms with Crippen molar-refractivity contribution in [2.75, 3.05) is 13.7 Å². The molecule has 0 fully saturated rings. The van der Waals surface area contributed by atoms with Crippen molar-refractivity contribution in [2.45, 2.75) is 52.4 Å². The summed E-state index contributed by atoms with van der Waals surface area (Å²) in [7, 11) is 1.56. The van der Waals surface area contributed by atoms with Gasteiger partial charge in [-0.05, 0) is 43.2 Å². The van der Waals surface area contributed by atoms with Crippen molar-refractivity contribution >= 4 is 16.9 Å². The van der Waals surface area contributed by atoms with Gasteiger partial charge in [0.15, 0.2) is 0 Å². The lowest BCUT2D eigenvalue weighted by molar-refractivity contribution is -0.149. The van der Waals surface area contributed by atoms with Crippen LogP contribution in [0, 0.1) is 5.82 Å². The van der Waals surface area contributed by atoms with Gasteiger partial charge in [0.2, 0.25) is 0 Å². The summed E-state index contributed by atoms with van der Waals surface area (Å²) < 4.78 is 38.1. The maximum Gasteiger partial charge on any atom is 0.310 e. The molecule has 4 aromatic rings. The maximum atomic E-state index is 15.3. The summed E-state index contributed by atoms with van der Waals surface area (Å²) in [4.78, 5) is 12.4. The number of ether oxygens (including phenoxy) is 3. The summed E-state index contributed by atoms with van der Waals surface area (Å²) in [6, 6.07) is 18.5. The number of rotatable bonds is 12. The number of benzene rings is 3. The molecular formula is C31H34FNO5. The predicted molar refractivity (Wildman–Crippen MR) is 145 cm³/mol. The molecule has 0 saturated heterocycles. The molecule has 2 N–H and O–H groups in total. The molecule has 0 aliphatic carbocycles. The normalized spacial score (nSPS) is 12.0. The molecule has 3 aromatic carbocycles. The third kappa shape index (κ3) is 6.41. The molecule has 38 heavy (non-hydrogen) atoms. The lowest BCUT2D eigenvalue weighted by Crippen LogP contribution is -2.21. The number of aryl methyl sites for hydroxylation is 1. The predicted octanol–water partition coefficient (Wildman–Crippen LogP) is 6.35. The van der Waals surface area contributed by atoms with Gasteiger partial charge in [0.25, 0.3) is 0 Å². The number of hydrogen-bond acceptors (Lipinski definition) is 6. The summed E-state index contributed by atoms with van der Waals surface area (Å²) in [6.45, 7) is 4.53. The fourth-order valence-electron chi connectivity index (χ4n) is 4.51. The Kier molecular flexibility index (Phi) is 9.15. The molecule has 1 atom stereocenters. The molecular weight excluding hydrogens is 485 g/mol. The minimum Gasteiger partial charge on any atom is -0.489 e. The van der Waals surface area contributed by atoms with Gasteiger partial charge in [-0.3, -0.25) is 4.79 Å². The zero-order valence-corrected chi connectivity index (χ0v) is 22.1. The molecule has 1 unspecified atom stereocenters. The second-order valence-electron chi connectivity index (χ2n) is 9.34. The average Bonchev–Trinajstić information content (AvgIpc) is 3.30. The van der Waals surface area contributed by atoms with E-state index in [1.807, 2.05) is 42.5 Å². The van der Waals surface area contributed by atoms with E-state index in [1.54, 1.807) is 32.2 Å². The largest absolute Gasteiger partial charge is 0.489 e. The Labute approximate surface area is 222 Å². The third-order valence-electron chi connectivity index (χ3n) is 6.25. The lowest BCUT2D eigenvalue weighted by atomic mass is 9.98. The van der Waals surface area contributed by atoms with E-state index in [0.717, 1.165) is 35.1 Å². The third-order valence-corrected chi connectivity index (χ3v) is 6.25. The highest BCUT2D eigenvalue weighted by Crippen LogP contribution is 2.35. The summed E-state index contributed by atoms with van der Waals surface area (Å²) in [5.41, 5.74) is 9.50. The number of para-hydroxylation sites is 1. The van der Waals surface area contributed by atoms with Gasteiger partial charge < -0.3 is 24.4 Å². The molecule has 1 aromatic heterocycles. The van der Waals surface area contributed by atoms with Crippen LogP contribution in [0.25, 0.3) is 22.1 Å². The topological polar surface area (TPSA) is 83.9 Å². The van der Waals surface area contributed by atoms with Crippen molar-refractivity contribution < 1.29 is 27.8 Å². The van der Waals surface area contributed by atoms with Crippen molar-refractivity contribution in [3.05, 3.63) is 88.9 Å². The highest BCUT2D eigenvalue weighted by molar-refractivity contribution is 5.94. The number of fused-ring (bicyclic) bond motifs is 1. The number of methoxy groups -OCH3 is 1. The van der Waals surface area contributed by atoms with Gasteiger partial charge >= 0.3 is 5.97 Å². The zero-order valence-electron chi connectivity index (χ0n) is 22.1. The van der Waals surface area contributed by atoms with Crippen LogP contribution in [0.5, 0.6) is 5.75 Å². The number of carbonyl (C=O) groups is 1. The molecule has 0 saturated carbocycles. The van der Waals surface area contributed by atoms with E-state index >= 15 is 4.39 Å². The van der Waals surface area contributed by atoms with Crippen molar-refractivity contribution in [1.29, 1.82) is 0 Å². The first-order valence-electron chi connectivity index (χ1n) is 12.9. The van der Waals surface area contributed by atoms with Crippen LogP contribution in [0.15, 0.2) is 65.1 Å². The average molecular weight is 520 g/mol. The minimum atomic E-state index is -0.355. The van der Waals surface area contributed by atoms with E-state index < -0.39 is 0 Å². The van der Waals surface area contributed by atoms with Gasteiger partial charge in [-0.15, -0.1) is 0 Å². The molecule has 0 amide bonds. The van der Waals surface area contributed by atoms with Crippen LogP contribution in [0.4, 0.5) is 4.39 Å². The van der Waals surface area contributed by atoms with Gasteiger partial charge in [-0.25, -0.2) is 4.39 Å². The van der Waals surface area contributed by atoms with Crippen LogP contribution in [0.1, 0.15) is 42.7 Å². The maximum absolute atomic E-state index is 15.3. The minimum absolute atomic E-state index is 0.0771. The van der Waals surface area contributed by atoms with E-state index in [0.29, 0.717) is 34.6 Å². The van der Waals surface area contributed by atoms with E-state index in [2.05, 4.69) is 6.92 Å². The fourth-order valence-corrected chi connectivity index (χ4v) is 4.51. The summed E-state index contributed by atoms with van der Waals surface area (Å²) in [6.07, 6.45) is 1.47. The first-order valence-corrected chi connectivity index (χ1v) is 12.9.